The van der Waals surface area contributed by atoms with Gasteiger partial charge in [-0.25, -0.2) is 0 Å². The molecule has 2 aromatic carbocycles. The van der Waals surface area contributed by atoms with Crippen LogP contribution < -0.4 is 4.90 Å². The number of hydrogen-bond acceptors (Lipinski definition) is 3. The van der Waals surface area contributed by atoms with E-state index in [4.69, 9.17) is 0 Å². The van der Waals surface area contributed by atoms with Crippen molar-refractivity contribution >= 4 is 11.6 Å². The summed E-state index contributed by atoms with van der Waals surface area (Å²) < 4.78 is 0. The number of hydrogen-bond donors (Lipinski definition) is 0. The molecule has 1 aliphatic rings. The monoisotopic (exact) mass is 365 g/mol. The minimum absolute atomic E-state index is 0.193. The molecule has 1 heterocycles. The molecule has 144 valence electrons. The fourth-order valence-corrected chi connectivity index (χ4v) is 3.54. The molecule has 4 heteroatoms. The lowest BCUT2D eigenvalue weighted by molar-refractivity contribution is -0.131. The van der Waals surface area contributed by atoms with Crippen LogP contribution in [0, 0.1) is 6.92 Å². The molecule has 0 saturated carbocycles. The maximum atomic E-state index is 12.6. The number of nitrogens with zero attached hydrogens (tertiary/aromatic N) is 3. The van der Waals surface area contributed by atoms with E-state index < -0.39 is 0 Å². The van der Waals surface area contributed by atoms with Gasteiger partial charge in [-0.2, -0.15) is 0 Å². The molecule has 0 N–H and O–H groups in total. The van der Waals surface area contributed by atoms with Crippen LogP contribution in [-0.4, -0.2) is 55.5 Å². The molecule has 1 amide bonds. The Labute approximate surface area is 163 Å². The van der Waals surface area contributed by atoms with E-state index in [0.717, 1.165) is 32.6 Å². The number of rotatable bonds is 6. The van der Waals surface area contributed by atoms with E-state index in [1.165, 1.54) is 22.4 Å². The largest absolute Gasteiger partial charge is 0.369 e. The Bertz CT molecular complexity index is 748. The number of benzene rings is 2. The van der Waals surface area contributed by atoms with E-state index in [0.29, 0.717) is 13.1 Å². The topological polar surface area (TPSA) is 26.8 Å². The summed E-state index contributed by atoms with van der Waals surface area (Å²) in [5.41, 5.74) is 5.10. The van der Waals surface area contributed by atoms with Gasteiger partial charge in [-0.1, -0.05) is 43.3 Å². The number of carbonyl (C=O) groups is 1. The van der Waals surface area contributed by atoms with E-state index in [1.807, 2.05) is 11.9 Å². The maximum absolute atomic E-state index is 12.6. The molecule has 1 saturated heterocycles. The van der Waals surface area contributed by atoms with Gasteiger partial charge in [-0.15, -0.1) is 0 Å². The highest BCUT2D eigenvalue weighted by atomic mass is 16.2. The van der Waals surface area contributed by atoms with Crippen LogP contribution in [-0.2, 0) is 17.8 Å². The standard InChI is InChI=1S/C23H31N3O/c1-4-20-8-10-21(11-9-20)17-24(3)23(27)18-25-12-14-26(15-13-25)22-7-5-6-19(2)16-22/h5-11,16H,4,12-15,17-18H2,1-3H3. The van der Waals surface area contributed by atoms with Crippen LogP contribution in [0.3, 0.4) is 0 Å². The number of piperazine rings is 1. The third kappa shape index (κ3) is 5.33. The van der Waals surface area contributed by atoms with Crippen molar-refractivity contribution in [2.45, 2.75) is 26.8 Å². The van der Waals surface area contributed by atoms with E-state index in [2.05, 4.69) is 72.2 Å². The zero-order chi connectivity index (χ0) is 19.2. The SMILES string of the molecule is CCc1ccc(CN(C)C(=O)CN2CCN(c3cccc(C)c3)CC2)cc1. The number of carbonyl (C=O) groups excluding carboxylic acids is 1. The van der Waals surface area contributed by atoms with Gasteiger partial charge in [0.2, 0.25) is 5.91 Å². The van der Waals surface area contributed by atoms with Crippen molar-refractivity contribution in [3.8, 4) is 0 Å². The molecule has 3 rings (SSSR count). The number of likely N-dealkylation sites (N-methyl/N-ethyl adjacent to an activating group) is 1. The van der Waals surface area contributed by atoms with Crippen LogP contribution in [0.2, 0.25) is 0 Å². The maximum Gasteiger partial charge on any atom is 0.236 e. The second-order valence-corrected chi connectivity index (χ2v) is 7.52. The fourth-order valence-electron chi connectivity index (χ4n) is 3.54. The summed E-state index contributed by atoms with van der Waals surface area (Å²) in [5, 5.41) is 0. The first kappa shape index (κ1) is 19.4. The van der Waals surface area contributed by atoms with Crippen LogP contribution in [0.5, 0.6) is 0 Å². The molecule has 0 aromatic heterocycles. The zero-order valence-electron chi connectivity index (χ0n) is 16.8. The van der Waals surface area contributed by atoms with Crippen LogP contribution in [0.25, 0.3) is 0 Å². The molecule has 27 heavy (non-hydrogen) atoms. The van der Waals surface area contributed by atoms with Gasteiger partial charge in [0.25, 0.3) is 0 Å². The molecular weight excluding hydrogens is 334 g/mol. The van der Waals surface area contributed by atoms with Gasteiger partial charge in [-0.3, -0.25) is 9.69 Å². The number of anilines is 1. The summed E-state index contributed by atoms with van der Waals surface area (Å²) in [7, 11) is 1.90. The Hall–Kier alpha value is -2.33. The Balaban J connectivity index is 1.47. The zero-order valence-corrected chi connectivity index (χ0v) is 16.8. The summed E-state index contributed by atoms with van der Waals surface area (Å²) in [4.78, 5) is 19.1. The molecule has 0 unspecified atom stereocenters. The predicted molar refractivity (Wildman–Crippen MR) is 112 cm³/mol. The van der Waals surface area contributed by atoms with Crippen molar-refractivity contribution in [1.82, 2.24) is 9.80 Å². The Morgan fingerprint density at radius 2 is 1.67 bits per heavy atom. The number of aryl methyl sites for hydroxylation is 2. The lowest BCUT2D eigenvalue weighted by Crippen LogP contribution is -2.49. The normalized spacial score (nSPS) is 15.0. The summed E-state index contributed by atoms with van der Waals surface area (Å²) in [6, 6.07) is 17.2. The quantitative estimate of drug-likeness (QED) is 0.786. The third-order valence-corrected chi connectivity index (χ3v) is 5.37. The Morgan fingerprint density at radius 1 is 1.00 bits per heavy atom. The average molecular weight is 366 g/mol. The van der Waals surface area contributed by atoms with Gasteiger partial charge in [0.05, 0.1) is 6.54 Å². The fraction of sp³-hybridized carbons (Fsp3) is 0.435. The van der Waals surface area contributed by atoms with Crippen LogP contribution >= 0.6 is 0 Å². The molecule has 0 aliphatic carbocycles. The van der Waals surface area contributed by atoms with Crippen molar-refractivity contribution in [1.29, 1.82) is 0 Å². The lowest BCUT2D eigenvalue weighted by atomic mass is 10.1. The van der Waals surface area contributed by atoms with Gasteiger partial charge < -0.3 is 9.80 Å². The van der Waals surface area contributed by atoms with Gasteiger partial charge in [0.1, 0.15) is 0 Å². The third-order valence-electron chi connectivity index (χ3n) is 5.37. The van der Waals surface area contributed by atoms with Gasteiger partial charge >= 0.3 is 0 Å². The smallest absolute Gasteiger partial charge is 0.236 e. The minimum Gasteiger partial charge on any atom is -0.369 e. The van der Waals surface area contributed by atoms with E-state index in [1.54, 1.807) is 0 Å². The first-order valence-corrected chi connectivity index (χ1v) is 9.91. The van der Waals surface area contributed by atoms with Crippen molar-refractivity contribution < 1.29 is 4.79 Å². The minimum atomic E-state index is 0.193. The summed E-state index contributed by atoms with van der Waals surface area (Å²) in [6.07, 6.45) is 1.05. The van der Waals surface area contributed by atoms with Crippen LogP contribution in [0.15, 0.2) is 48.5 Å². The lowest BCUT2D eigenvalue weighted by Gasteiger charge is -2.36. The Morgan fingerprint density at radius 3 is 2.30 bits per heavy atom. The Kier molecular flexibility index (Phi) is 6.51. The van der Waals surface area contributed by atoms with E-state index in [-0.39, 0.29) is 5.91 Å². The van der Waals surface area contributed by atoms with Crippen molar-refractivity contribution in [2.24, 2.45) is 0 Å². The van der Waals surface area contributed by atoms with Crippen molar-refractivity contribution in [3.63, 3.8) is 0 Å². The highest BCUT2D eigenvalue weighted by Gasteiger charge is 2.20. The molecule has 1 fully saturated rings. The van der Waals surface area contributed by atoms with Gasteiger partial charge in [-0.05, 0) is 42.2 Å². The molecule has 4 nitrogen and oxygen atoms in total. The molecule has 1 aliphatic heterocycles. The molecular formula is C23H31N3O. The molecule has 0 atom stereocenters. The number of amides is 1. The predicted octanol–water partition coefficient (Wildman–Crippen LogP) is 3.34. The summed E-state index contributed by atoms with van der Waals surface area (Å²) in [6.45, 7) is 9.26. The first-order chi connectivity index (χ1) is 13.0. The molecule has 2 aromatic rings. The average Bonchev–Trinajstić information content (AvgIpc) is 2.69. The van der Waals surface area contributed by atoms with E-state index in [9.17, 15) is 4.79 Å². The summed E-state index contributed by atoms with van der Waals surface area (Å²) in [5.74, 6) is 0.193. The molecule has 0 spiro atoms. The van der Waals surface area contributed by atoms with Crippen LogP contribution in [0.1, 0.15) is 23.6 Å². The van der Waals surface area contributed by atoms with E-state index >= 15 is 0 Å². The van der Waals surface area contributed by atoms with Gasteiger partial charge in [0.15, 0.2) is 0 Å². The van der Waals surface area contributed by atoms with Crippen molar-refractivity contribution in [3.05, 3.63) is 65.2 Å². The van der Waals surface area contributed by atoms with Crippen molar-refractivity contribution in [2.75, 3.05) is 44.7 Å². The molecule has 0 bridgehead atoms. The van der Waals surface area contributed by atoms with Gasteiger partial charge in [0, 0.05) is 45.5 Å². The second-order valence-electron chi connectivity index (χ2n) is 7.52. The van der Waals surface area contributed by atoms with Crippen LogP contribution in [0.4, 0.5) is 5.69 Å². The first-order valence-electron chi connectivity index (χ1n) is 9.91. The summed E-state index contributed by atoms with van der Waals surface area (Å²) >= 11 is 0. The highest BCUT2D eigenvalue weighted by Crippen LogP contribution is 2.18. The highest BCUT2D eigenvalue weighted by molar-refractivity contribution is 5.78. The molecule has 0 radical (unpaired) electrons. The second kappa shape index (κ2) is 9.05.